The summed E-state index contributed by atoms with van der Waals surface area (Å²) in [5.41, 5.74) is -1.99. The van der Waals surface area contributed by atoms with Gasteiger partial charge in [0.25, 0.3) is 0 Å². The number of aryl methyl sites for hydroxylation is 1. The topological polar surface area (TPSA) is 86.0 Å². The highest BCUT2D eigenvalue weighted by molar-refractivity contribution is 7.92. The van der Waals surface area contributed by atoms with Crippen LogP contribution in [0.25, 0.3) is 5.69 Å². The zero-order valence-corrected chi connectivity index (χ0v) is 14.0. The molecule has 0 spiro atoms. The fourth-order valence-corrected chi connectivity index (χ4v) is 2.78. The van der Waals surface area contributed by atoms with Crippen molar-refractivity contribution >= 4 is 27.3 Å². The number of benzene rings is 1. The van der Waals surface area contributed by atoms with Crippen molar-refractivity contribution in [1.29, 1.82) is 0 Å². The highest BCUT2D eigenvalue weighted by Crippen LogP contribution is 2.28. The summed E-state index contributed by atoms with van der Waals surface area (Å²) in [6, 6.07) is 1.67. The maximum Gasteiger partial charge on any atom is 0.355 e. The normalized spacial score (nSPS) is 12.0. The molecule has 0 saturated carbocycles. The van der Waals surface area contributed by atoms with E-state index in [1.807, 2.05) is 0 Å². The van der Waals surface area contributed by atoms with Crippen molar-refractivity contribution < 1.29 is 21.6 Å². The Morgan fingerprint density at radius 3 is 2.50 bits per heavy atom. The summed E-state index contributed by atoms with van der Waals surface area (Å²) in [7, 11) is -3.72. The lowest BCUT2D eigenvalue weighted by Crippen LogP contribution is -2.25. The van der Waals surface area contributed by atoms with Crippen LogP contribution in [0.2, 0.25) is 5.02 Å². The van der Waals surface area contributed by atoms with Gasteiger partial charge in [0.2, 0.25) is 10.0 Å². The van der Waals surface area contributed by atoms with Crippen LogP contribution in [-0.2, 0) is 10.0 Å². The van der Waals surface area contributed by atoms with Gasteiger partial charge < -0.3 is 0 Å². The Morgan fingerprint density at radius 2 is 2.00 bits per heavy atom. The number of hydrogen-bond donors (Lipinski definition) is 1. The predicted octanol–water partition coefficient (Wildman–Crippen LogP) is 2.29. The van der Waals surface area contributed by atoms with Gasteiger partial charge in [-0.3, -0.25) is 4.72 Å². The second-order valence-corrected chi connectivity index (χ2v) is 7.10. The zero-order valence-electron chi connectivity index (χ0n) is 12.4. The highest BCUT2D eigenvalue weighted by Gasteiger charge is 2.22. The summed E-state index contributed by atoms with van der Waals surface area (Å²) in [5, 5.41) is 3.32. The first-order chi connectivity index (χ1) is 11.1. The van der Waals surface area contributed by atoms with Gasteiger partial charge >= 0.3 is 12.2 Å². The van der Waals surface area contributed by atoms with Crippen LogP contribution >= 0.6 is 11.6 Å². The van der Waals surface area contributed by atoms with Crippen LogP contribution in [0.3, 0.4) is 0 Å². The molecule has 0 atom stereocenters. The number of nitrogens with one attached hydrogen (secondary N) is 1. The smallest absolute Gasteiger partial charge is 0.282 e. The molecule has 1 heterocycles. The number of anilines is 1. The number of aromatic nitrogens is 3. The van der Waals surface area contributed by atoms with E-state index in [2.05, 4.69) is 9.82 Å². The van der Waals surface area contributed by atoms with Gasteiger partial charge in [-0.2, -0.15) is 13.5 Å². The van der Waals surface area contributed by atoms with Gasteiger partial charge in [-0.15, -0.1) is 5.10 Å². The van der Waals surface area contributed by atoms with E-state index < -0.39 is 33.8 Å². The number of halogens is 4. The van der Waals surface area contributed by atoms with Gasteiger partial charge in [0.15, 0.2) is 5.82 Å². The first-order valence-corrected chi connectivity index (χ1v) is 8.56. The van der Waals surface area contributed by atoms with E-state index in [9.17, 15) is 26.4 Å². The molecule has 12 heteroatoms. The van der Waals surface area contributed by atoms with Crippen LogP contribution in [0.15, 0.2) is 16.9 Å². The van der Waals surface area contributed by atoms with Gasteiger partial charge in [0.05, 0.1) is 16.5 Å². The van der Waals surface area contributed by atoms with Crippen molar-refractivity contribution in [2.75, 3.05) is 10.5 Å². The quantitative estimate of drug-likeness (QED) is 0.857. The van der Waals surface area contributed by atoms with Crippen LogP contribution in [0.1, 0.15) is 19.3 Å². The highest BCUT2D eigenvalue weighted by atomic mass is 35.5. The summed E-state index contributed by atoms with van der Waals surface area (Å²) >= 11 is 5.78. The SMILES string of the molecule is CCS(=O)(=O)Nc1cc(-n2nc(C)n(C(F)F)c2=O)c(F)cc1Cl. The summed E-state index contributed by atoms with van der Waals surface area (Å²) < 4.78 is 65.6. The van der Waals surface area contributed by atoms with Crippen LogP contribution in [0.5, 0.6) is 0 Å². The number of sulfonamides is 1. The third-order valence-electron chi connectivity index (χ3n) is 3.09. The molecule has 1 N–H and O–H groups in total. The van der Waals surface area contributed by atoms with Crippen molar-refractivity contribution in [3.05, 3.63) is 39.3 Å². The molecule has 1 aromatic heterocycles. The van der Waals surface area contributed by atoms with Crippen molar-refractivity contribution in [2.45, 2.75) is 20.4 Å². The van der Waals surface area contributed by atoms with Crippen molar-refractivity contribution in [2.24, 2.45) is 0 Å². The Hall–Kier alpha value is -2.01. The van der Waals surface area contributed by atoms with Crippen LogP contribution in [-0.4, -0.2) is 28.5 Å². The van der Waals surface area contributed by atoms with Crippen molar-refractivity contribution in [3.8, 4) is 5.69 Å². The van der Waals surface area contributed by atoms with Gasteiger partial charge in [-0.1, -0.05) is 11.6 Å². The fourth-order valence-electron chi connectivity index (χ4n) is 1.88. The molecule has 1 aromatic carbocycles. The molecular formula is C12H12ClF3N4O3S. The first-order valence-electron chi connectivity index (χ1n) is 6.53. The lowest BCUT2D eigenvalue weighted by atomic mass is 10.2. The van der Waals surface area contributed by atoms with Gasteiger partial charge in [-0.05, 0) is 26.0 Å². The minimum atomic E-state index is -3.72. The van der Waals surface area contributed by atoms with Gasteiger partial charge in [0.1, 0.15) is 11.5 Å². The average molecular weight is 385 g/mol. The minimum Gasteiger partial charge on any atom is -0.282 e. The van der Waals surface area contributed by atoms with Crippen molar-refractivity contribution in [3.63, 3.8) is 0 Å². The fraction of sp³-hybridized carbons (Fsp3) is 0.333. The Balaban J connectivity index is 2.64. The summed E-state index contributed by atoms with van der Waals surface area (Å²) in [4.78, 5) is 12.0. The Morgan fingerprint density at radius 1 is 1.38 bits per heavy atom. The third-order valence-corrected chi connectivity index (χ3v) is 4.69. The van der Waals surface area contributed by atoms with Crippen LogP contribution in [0.4, 0.5) is 18.9 Å². The first kappa shape index (κ1) is 18.3. The molecule has 2 rings (SSSR count). The maximum atomic E-state index is 14.1. The van der Waals surface area contributed by atoms with E-state index in [4.69, 9.17) is 11.6 Å². The molecule has 24 heavy (non-hydrogen) atoms. The zero-order chi connectivity index (χ0) is 18.2. The Labute approximate surface area is 139 Å². The molecule has 2 aromatic rings. The van der Waals surface area contributed by atoms with Crippen LogP contribution < -0.4 is 10.4 Å². The monoisotopic (exact) mass is 384 g/mol. The molecule has 0 unspecified atom stereocenters. The predicted molar refractivity (Wildman–Crippen MR) is 81.9 cm³/mol. The Bertz CT molecular complexity index is 940. The maximum absolute atomic E-state index is 14.1. The molecule has 0 saturated heterocycles. The largest absolute Gasteiger partial charge is 0.355 e. The summed E-state index contributed by atoms with van der Waals surface area (Å²) in [5.74, 6) is -1.63. The molecule has 0 aliphatic carbocycles. The average Bonchev–Trinajstić information content (AvgIpc) is 2.76. The van der Waals surface area contributed by atoms with E-state index in [1.54, 1.807) is 0 Å². The standard InChI is InChI=1S/C12H12ClF3N4O3S/c1-3-24(22,23)18-9-5-10(8(14)4-7(9)13)20-12(21)19(11(15)16)6(2)17-20/h4-5,11,18H,3H2,1-2H3. The number of hydrogen-bond acceptors (Lipinski definition) is 4. The van der Waals surface area contributed by atoms with E-state index in [1.165, 1.54) is 6.92 Å². The lowest BCUT2D eigenvalue weighted by molar-refractivity contribution is 0.0640. The number of alkyl halides is 2. The minimum absolute atomic E-state index is 0.0733. The summed E-state index contributed by atoms with van der Waals surface area (Å²) in [6.07, 6.45) is 0. The third kappa shape index (κ3) is 3.41. The molecule has 7 nitrogen and oxygen atoms in total. The second-order valence-electron chi connectivity index (χ2n) is 4.68. The molecule has 0 fully saturated rings. The molecule has 0 radical (unpaired) electrons. The van der Waals surface area contributed by atoms with E-state index in [0.29, 0.717) is 4.68 Å². The molecular weight excluding hydrogens is 373 g/mol. The van der Waals surface area contributed by atoms with Crippen molar-refractivity contribution in [1.82, 2.24) is 14.3 Å². The molecule has 0 aliphatic rings. The van der Waals surface area contributed by atoms with E-state index in [0.717, 1.165) is 19.1 Å². The molecule has 132 valence electrons. The number of rotatable bonds is 5. The molecule has 0 aliphatic heterocycles. The van der Waals surface area contributed by atoms with Crippen LogP contribution in [0, 0.1) is 12.7 Å². The lowest BCUT2D eigenvalue weighted by Gasteiger charge is -2.10. The summed E-state index contributed by atoms with van der Waals surface area (Å²) in [6.45, 7) is -0.628. The van der Waals surface area contributed by atoms with E-state index in [-0.39, 0.29) is 26.9 Å². The second kappa shape index (κ2) is 6.48. The Kier molecular flexibility index (Phi) is 4.95. The van der Waals surface area contributed by atoms with Gasteiger partial charge in [-0.25, -0.2) is 22.2 Å². The van der Waals surface area contributed by atoms with Gasteiger partial charge in [0, 0.05) is 0 Å². The number of nitrogens with zero attached hydrogens (tertiary/aromatic N) is 3. The molecule has 0 amide bonds. The molecule has 0 bridgehead atoms. The van der Waals surface area contributed by atoms with E-state index >= 15 is 0 Å².